The van der Waals surface area contributed by atoms with Gasteiger partial charge in [-0.3, -0.25) is 19.4 Å². The van der Waals surface area contributed by atoms with E-state index in [-0.39, 0.29) is 12.1 Å². The summed E-state index contributed by atoms with van der Waals surface area (Å²) in [5, 5.41) is 17.9. The van der Waals surface area contributed by atoms with Gasteiger partial charge in [0.05, 0.1) is 12.5 Å². The summed E-state index contributed by atoms with van der Waals surface area (Å²) in [7, 11) is 0. The molecule has 5 rings (SSSR count). The molecule has 3 N–H and O–H groups in total. The second kappa shape index (κ2) is 10.4. The van der Waals surface area contributed by atoms with Crippen molar-refractivity contribution in [3.8, 4) is 0 Å². The molecule has 190 valence electrons. The second-order valence-corrected chi connectivity index (χ2v) is 9.53. The first-order valence-electron chi connectivity index (χ1n) is 12.6. The maximum Gasteiger partial charge on any atom is 0.305 e. The molecule has 37 heavy (non-hydrogen) atoms. The predicted octanol–water partition coefficient (Wildman–Crippen LogP) is 4.29. The zero-order valence-corrected chi connectivity index (χ0v) is 20.7. The van der Waals surface area contributed by atoms with Crippen LogP contribution in [0.3, 0.4) is 0 Å². The number of carboxylic acid groups (broad SMARTS) is 1. The first-order chi connectivity index (χ1) is 17.9. The molecule has 1 aliphatic rings. The van der Waals surface area contributed by atoms with Crippen molar-refractivity contribution < 1.29 is 9.90 Å². The summed E-state index contributed by atoms with van der Waals surface area (Å²) in [6.45, 7) is 3.37. The SMILES string of the molecule is Cc1cc2ccncc2c(Nc2ccc(C(CC(=O)O)Nc3c(N4CCCCCC4)c(=O)c3=O)cc2)n1. The van der Waals surface area contributed by atoms with Gasteiger partial charge in [-0.2, -0.15) is 0 Å². The van der Waals surface area contributed by atoms with Crippen molar-refractivity contribution in [2.24, 2.45) is 0 Å². The standard InChI is InChI=1S/C28H29N5O4/c1-17-14-19-10-11-29-16-21(19)28(30-17)31-20-8-6-18(7-9-20)22(15-23(34)35)32-24-25(27(37)26(24)36)33-12-4-2-3-5-13-33/h6-11,14,16,22,32H,2-5,12-13,15H2,1H3,(H,30,31)(H,34,35). The third-order valence-electron chi connectivity index (χ3n) is 6.84. The number of carboxylic acids is 1. The topological polar surface area (TPSA) is 125 Å². The van der Waals surface area contributed by atoms with E-state index >= 15 is 0 Å². The van der Waals surface area contributed by atoms with Crippen LogP contribution < -0.4 is 26.4 Å². The van der Waals surface area contributed by atoms with E-state index in [2.05, 4.69) is 20.6 Å². The minimum Gasteiger partial charge on any atom is -0.481 e. The fraction of sp³-hybridized carbons (Fsp3) is 0.321. The van der Waals surface area contributed by atoms with Gasteiger partial charge in [-0.1, -0.05) is 25.0 Å². The normalized spacial score (nSPS) is 14.9. The van der Waals surface area contributed by atoms with E-state index in [4.69, 9.17) is 0 Å². The quantitative estimate of drug-likeness (QED) is 0.305. The number of aliphatic carboxylic acids is 1. The van der Waals surface area contributed by atoms with Crippen molar-refractivity contribution in [3.05, 3.63) is 80.5 Å². The highest BCUT2D eigenvalue weighted by Crippen LogP contribution is 2.30. The molecule has 0 radical (unpaired) electrons. The largest absolute Gasteiger partial charge is 0.481 e. The highest BCUT2D eigenvalue weighted by atomic mass is 16.4. The van der Waals surface area contributed by atoms with Crippen LogP contribution in [0.25, 0.3) is 10.8 Å². The molecular formula is C28H29N5O4. The molecule has 0 amide bonds. The van der Waals surface area contributed by atoms with E-state index in [0.717, 1.165) is 60.9 Å². The predicted molar refractivity (Wildman–Crippen MR) is 145 cm³/mol. The Morgan fingerprint density at radius 2 is 1.78 bits per heavy atom. The van der Waals surface area contributed by atoms with Crippen LogP contribution in [0.1, 0.15) is 49.4 Å². The number of nitrogens with zero attached hydrogens (tertiary/aromatic N) is 3. The average molecular weight is 500 g/mol. The van der Waals surface area contributed by atoms with Gasteiger partial charge >= 0.3 is 5.97 Å². The highest BCUT2D eigenvalue weighted by Gasteiger charge is 2.29. The van der Waals surface area contributed by atoms with Gasteiger partial charge in [-0.25, -0.2) is 4.98 Å². The van der Waals surface area contributed by atoms with Crippen molar-refractivity contribution in [1.82, 2.24) is 9.97 Å². The second-order valence-electron chi connectivity index (χ2n) is 9.53. The molecule has 1 atom stereocenters. The Morgan fingerprint density at radius 1 is 1.05 bits per heavy atom. The molecule has 9 heteroatoms. The lowest BCUT2D eigenvalue weighted by molar-refractivity contribution is -0.137. The van der Waals surface area contributed by atoms with Gasteiger partial charge in [-0.05, 0) is 55.0 Å². The lowest BCUT2D eigenvalue weighted by atomic mass is 10.0. The molecule has 1 fully saturated rings. The molecule has 2 aromatic carbocycles. The van der Waals surface area contributed by atoms with Gasteiger partial charge in [0.15, 0.2) is 0 Å². The summed E-state index contributed by atoms with van der Waals surface area (Å²) in [5.74, 6) is -0.320. The number of fused-ring (bicyclic) bond motifs is 1. The van der Waals surface area contributed by atoms with E-state index in [1.165, 1.54) is 0 Å². The summed E-state index contributed by atoms with van der Waals surface area (Å²) < 4.78 is 0. The lowest BCUT2D eigenvalue weighted by Crippen LogP contribution is -2.43. The maximum atomic E-state index is 12.5. The monoisotopic (exact) mass is 499 g/mol. The number of carbonyl (C=O) groups is 1. The molecule has 0 saturated carbocycles. The van der Waals surface area contributed by atoms with E-state index in [1.54, 1.807) is 12.4 Å². The Balaban J connectivity index is 1.39. The lowest BCUT2D eigenvalue weighted by Gasteiger charge is -2.28. The maximum absolute atomic E-state index is 12.5. The number of aromatic nitrogens is 2. The van der Waals surface area contributed by atoms with Crippen molar-refractivity contribution in [3.63, 3.8) is 0 Å². The van der Waals surface area contributed by atoms with Crippen molar-refractivity contribution >= 4 is 39.6 Å². The van der Waals surface area contributed by atoms with Crippen LogP contribution in [-0.4, -0.2) is 34.1 Å². The molecule has 1 unspecified atom stereocenters. The first-order valence-corrected chi connectivity index (χ1v) is 12.6. The molecule has 9 nitrogen and oxygen atoms in total. The number of hydrogen-bond donors (Lipinski definition) is 3. The Labute approximate surface area is 213 Å². The van der Waals surface area contributed by atoms with Crippen LogP contribution in [0.5, 0.6) is 0 Å². The van der Waals surface area contributed by atoms with Crippen LogP contribution >= 0.6 is 0 Å². The molecule has 1 aliphatic heterocycles. The minimum atomic E-state index is -1.00. The van der Waals surface area contributed by atoms with Crippen molar-refractivity contribution in [2.75, 3.05) is 28.6 Å². The third-order valence-corrected chi connectivity index (χ3v) is 6.84. The van der Waals surface area contributed by atoms with Crippen LogP contribution in [0.15, 0.2) is 58.4 Å². The van der Waals surface area contributed by atoms with Gasteiger partial charge in [0.2, 0.25) is 0 Å². The van der Waals surface area contributed by atoms with Crippen LogP contribution in [0, 0.1) is 6.92 Å². The number of aryl methyl sites for hydroxylation is 1. The molecule has 1 saturated heterocycles. The van der Waals surface area contributed by atoms with E-state index in [9.17, 15) is 19.5 Å². The molecule has 2 aromatic heterocycles. The fourth-order valence-corrected chi connectivity index (χ4v) is 4.96. The minimum absolute atomic E-state index is 0.225. The molecule has 3 heterocycles. The van der Waals surface area contributed by atoms with Crippen molar-refractivity contribution in [1.29, 1.82) is 0 Å². The average Bonchev–Trinajstić information content (AvgIpc) is 3.17. The molecular weight excluding hydrogens is 470 g/mol. The van der Waals surface area contributed by atoms with E-state index in [1.807, 2.05) is 48.2 Å². The smallest absolute Gasteiger partial charge is 0.305 e. The van der Waals surface area contributed by atoms with Gasteiger partial charge in [0, 0.05) is 42.3 Å². The Morgan fingerprint density at radius 3 is 2.49 bits per heavy atom. The number of benzene rings is 1. The molecule has 4 aromatic rings. The summed E-state index contributed by atoms with van der Waals surface area (Å²) in [6, 6.07) is 10.6. The third kappa shape index (κ3) is 5.16. The molecule has 0 spiro atoms. The number of hydrogen-bond acceptors (Lipinski definition) is 8. The highest BCUT2D eigenvalue weighted by molar-refractivity contribution is 5.92. The Hall–Kier alpha value is -4.27. The van der Waals surface area contributed by atoms with Gasteiger partial charge in [0.25, 0.3) is 10.9 Å². The summed E-state index contributed by atoms with van der Waals surface area (Å²) in [5.41, 5.74) is 1.89. The number of nitrogens with one attached hydrogen (secondary N) is 2. The van der Waals surface area contributed by atoms with Gasteiger partial charge in [0.1, 0.15) is 17.2 Å². The van der Waals surface area contributed by atoms with Gasteiger partial charge in [-0.15, -0.1) is 0 Å². The van der Waals surface area contributed by atoms with Gasteiger partial charge < -0.3 is 20.6 Å². The zero-order valence-electron chi connectivity index (χ0n) is 20.7. The van der Waals surface area contributed by atoms with Crippen molar-refractivity contribution in [2.45, 2.75) is 45.1 Å². The summed E-state index contributed by atoms with van der Waals surface area (Å²) >= 11 is 0. The number of pyridine rings is 2. The molecule has 0 bridgehead atoms. The van der Waals surface area contributed by atoms with E-state index < -0.39 is 22.9 Å². The number of rotatable bonds is 8. The fourth-order valence-electron chi connectivity index (χ4n) is 4.96. The van der Waals surface area contributed by atoms with Crippen LogP contribution in [-0.2, 0) is 4.79 Å². The first kappa shape index (κ1) is 24.4. The Kier molecular flexibility index (Phi) is 6.85. The molecule has 0 aliphatic carbocycles. The summed E-state index contributed by atoms with van der Waals surface area (Å²) in [4.78, 5) is 47.4. The Bertz CT molecular complexity index is 1500. The van der Waals surface area contributed by atoms with Crippen LogP contribution in [0.4, 0.5) is 22.9 Å². The zero-order chi connectivity index (χ0) is 25.9. The summed E-state index contributed by atoms with van der Waals surface area (Å²) in [6.07, 6.45) is 7.39. The van der Waals surface area contributed by atoms with Crippen LogP contribution in [0.2, 0.25) is 0 Å². The van der Waals surface area contributed by atoms with E-state index in [0.29, 0.717) is 17.1 Å². The number of anilines is 4.